The summed E-state index contributed by atoms with van der Waals surface area (Å²) in [5, 5.41) is 12.3. The SMILES string of the molecule is O=C(Nc1ccccc1)c1cc(S(=O)(=O)NCc2ccccc2O)c(Cl)cc1Cl. The fourth-order valence-electron chi connectivity index (χ4n) is 2.54. The van der Waals surface area contributed by atoms with Gasteiger partial charge in [0, 0.05) is 17.8 Å². The number of hydrogen-bond acceptors (Lipinski definition) is 4. The van der Waals surface area contributed by atoms with Crippen LogP contribution >= 0.6 is 23.2 Å². The van der Waals surface area contributed by atoms with E-state index in [2.05, 4.69) is 10.0 Å². The Balaban J connectivity index is 1.87. The van der Waals surface area contributed by atoms with Gasteiger partial charge in [-0.3, -0.25) is 4.79 Å². The molecule has 0 aliphatic heterocycles. The summed E-state index contributed by atoms with van der Waals surface area (Å²) < 4.78 is 27.8. The molecule has 0 aliphatic carbocycles. The Kier molecular flexibility index (Phi) is 6.44. The second kappa shape index (κ2) is 8.84. The van der Waals surface area contributed by atoms with Crippen molar-refractivity contribution in [1.82, 2.24) is 4.72 Å². The number of benzene rings is 3. The molecule has 0 spiro atoms. The molecule has 0 aromatic heterocycles. The molecule has 3 N–H and O–H groups in total. The van der Waals surface area contributed by atoms with Crippen LogP contribution in [-0.2, 0) is 16.6 Å². The van der Waals surface area contributed by atoms with Crippen LogP contribution in [0.1, 0.15) is 15.9 Å². The second-order valence-electron chi connectivity index (χ2n) is 6.04. The number of amides is 1. The first-order valence-electron chi connectivity index (χ1n) is 8.40. The fraction of sp³-hybridized carbons (Fsp3) is 0.0500. The van der Waals surface area contributed by atoms with E-state index < -0.39 is 15.9 Å². The van der Waals surface area contributed by atoms with Crippen LogP contribution in [0.25, 0.3) is 0 Å². The number of phenolic OH excluding ortho intramolecular Hbond substituents is 1. The van der Waals surface area contributed by atoms with Crippen LogP contribution < -0.4 is 10.0 Å². The Hall–Kier alpha value is -2.58. The molecule has 1 amide bonds. The van der Waals surface area contributed by atoms with Gasteiger partial charge in [0.2, 0.25) is 10.0 Å². The Morgan fingerprint density at radius 1 is 0.931 bits per heavy atom. The van der Waals surface area contributed by atoms with Gasteiger partial charge >= 0.3 is 0 Å². The number of carbonyl (C=O) groups is 1. The van der Waals surface area contributed by atoms with Gasteiger partial charge < -0.3 is 10.4 Å². The van der Waals surface area contributed by atoms with E-state index in [0.717, 1.165) is 6.07 Å². The first kappa shape index (κ1) is 21.1. The van der Waals surface area contributed by atoms with E-state index >= 15 is 0 Å². The van der Waals surface area contributed by atoms with Crippen molar-refractivity contribution in [3.8, 4) is 5.75 Å². The summed E-state index contributed by atoms with van der Waals surface area (Å²) in [6, 6.07) is 17.3. The van der Waals surface area contributed by atoms with Crippen LogP contribution in [0.5, 0.6) is 5.75 Å². The average molecular weight is 451 g/mol. The Labute approximate surface area is 178 Å². The maximum atomic E-state index is 12.7. The standard InChI is InChI=1S/C20H16Cl2N2O4S/c21-16-11-17(22)19(10-15(16)20(26)24-14-7-2-1-3-8-14)29(27,28)23-12-13-6-4-5-9-18(13)25/h1-11,23,25H,12H2,(H,24,26). The molecule has 6 nitrogen and oxygen atoms in total. The summed E-state index contributed by atoms with van der Waals surface area (Å²) >= 11 is 12.2. The number of halogens is 2. The number of sulfonamides is 1. The predicted molar refractivity (Wildman–Crippen MR) is 113 cm³/mol. The highest BCUT2D eigenvalue weighted by atomic mass is 35.5. The number of para-hydroxylation sites is 2. The molecule has 0 radical (unpaired) electrons. The van der Waals surface area contributed by atoms with Crippen molar-refractivity contribution in [2.45, 2.75) is 11.4 Å². The van der Waals surface area contributed by atoms with Crippen molar-refractivity contribution >= 4 is 44.8 Å². The summed E-state index contributed by atoms with van der Waals surface area (Å²) in [5.74, 6) is -0.615. The van der Waals surface area contributed by atoms with Crippen molar-refractivity contribution in [1.29, 1.82) is 0 Å². The molecule has 3 aromatic rings. The molecule has 0 fully saturated rings. The number of rotatable bonds is 6. The monoisotopic (exact) mass is 450 g/mol. The average Bonchev–Trinajstić information content (AvgIpc) is 2.68. The lowest BCUT2D eigenvalue weighted by molar-refractivity contribution is 0.102. The summed E-state index contributed by atoms with van der Waals surface area (Å²) in [6.45, 7) is -0.153. The third-order valence-corrected chi connectivity index (χ3v) is 6.21. The molecule has 0 aliphatic rings. The smallest absolute Gasteiger partial charge is 0.257 e. The predicted octanol–water partition coefficient (Wildman–Crippen LogP) is 4.43. The molecule has 150 valence electrons. The molecule has 0 heterocycles. The minimum atomic E-state index is -4.08. The fourth-order valence-corrected chi connectivity index (χ4v) is 4.40. The zero-order chi connectivity index (χ0) is 21.0. The van der Waals surface area contributed by atoms with Crippen molar-refractivity contribution in [2.75, 3.05) is 5.32 Å². The number of carbonyl (C=O) groups excluding carboxylic acids is 1. The molecule has 3 rings (SSSR count). The Morgan fingerprint density at radius 3 is 2.28 bits per heavy atom. The quantitative estimate of drug-likeness (QED) is 0.517. The van der Waals surface area contributed by atoms with E-state index in [1.165, 1.54) is 12.1 Å². The number of phenols is 1. The third-order valence-electron chi connectivity index (χ3n) is 4.03. The van der Waals surface area contributed by atoms with Crippen molar-refractivity contribution in [3.05, 3.63) is 87.9 Å². The minimum absolute atomic E-state index is 0.0167. The van der Waals surface area contributed by atoms with Crippen LogP contribution in [0.3, 0.4) is 0 Å². The highest BCUT2D eigenvalue weighted by Gasteiger charge is 2.23. The minimum Gasteiger partial charge on any atom is -0.508 e. The van der Waals surface area contributed by atoms with Crippen LogP contribution in [-0.4, -0.2) is 19.4 Å². The molecular weight excluding hydrogens is 435 g/mol. The highest BCUT2D eigenvalue weighted by molar-refractivity contribution is 7.89. The van der Waals surface area contributed by atoms with Crippen LogP contribution in [0, 0.1) is 0 Å². The van der Waals surface area contributed by atoms with Crippen molar-refractivity contribution < 1.29 is 18.3 Å². The van der Waals surface area contributed by atoms with Crippen LogP contribution in [0.4, 0.5) is 5.69 Å². The molecule has 0 unspecified atom stereocenters. The van der Waals surface area contributed by atoms with E-state index in [1.54, 1.807) is 48.5 Å². The number of nitrogens with one attached hydrogen (secondary N) is 2. The molecule has 0 saturated carbocycles. The maximum Gasteiger partial charge on any atom is 0.257 e. The lowest BCUT2D eigenvalue weighted by Crippen LogP contribution is -2.24. The van der Waals surface area contributed by atoms with E-state index in [0.29, 0.717) is 11.3 Å². The lowest BCUT2D eigenvalue weighted by atomic mass is 10.2. The molecule has 0 saturated heterocycles. The summed E-state index contributed by atoms with van der Waals surface area (Å²) in [6.07, 6.45) is 0. The third kappa shape index (κ3) is 5.07. The van der Waals surface area contributed by atoms with Gasteiger partial charge in [-0.15, -0.1) is 0 Å². The summed E-state index contributed by atoms with van der Waals surface area (Å²) in [7, 11) is -4.08. The van der Waals surface area contributed by atoms with Crippen LogP contribution in [0.2, 0.25) is 10.0 Å². The van der Waals surface area contributed by atoms with Gasteiger partial charge in [-0.25, -0.2) is 13.1 Å². The van der Waals surface area contributed by atoms with Gasteiger partial charge in [-0.1, -0.05) is 59.6 Å². The van der Waals surface area contributed by atoms with E-state index in [4.69, 9.17) is 23.2 Å². The van der Waals surface area contributed by atoms with Crippen molar-refractivity contribution in [2.24, 2.45) is 0 Å². The molecule has 9 heteroatoms. The van der Waals surface area contributed by atoms with E-state index in [-0.39, 0.29) is 32.8 Å². The van der Waals surface area contributed by atoms with Gasteiger partial charge in [0.15, 0.2) is 0 Å². The van der Waals surface area contributed by atoms with Gasteiger partial charge in [-0.2, -0.15) is 0 Å². The first-order chi connectivity index (χ1) is 13.8. The zero-order valence-corrected chi connectivity index (χ0v) is 17.2. The number of anilines is 1. The Morgan fingerprint density at radius 2 is 1.59 bits per heavy atom. The normalized spacial score (nSPS) is 11.2. The molecule has 3 aromatic carbocycles. The van der Waals surface area contributed by atoms with Crippen molar-refractivity contribution in [3.63, 3.8) is 0 Å². The van der Waals surface area contributed by atoms with Gasteiger partial charge in [0.05, 0.1) is 15.6 Å². The molecular formula is C20H16Cl2N2O4S. The van der Waals surface area contributed by atoms with Gasteiger partial charge in [0.1, 0.15) is 10.6 Å². The topological polar surface area (TPSA) is 95.5 Å². The zero-order valence-electron chi connectivity index (χ0n) is 14.9. The number of aromatic hydroxyl groups is 1. The summed E-state index contributed by atoms with van der Waals surface area (Å²) in [4.78, 5) is 12.3. The van der Waals surface area contributed by atoms with E-state index in [9.17, 15) is 18.3 Å². The Bertz CT molecular complexity index is 1150. The number of hydrogen-bond donors (Lipinski definition) is 3. The molecule has 29 heavy (non-hydrogen) atoms. The lowest BCUT2D eigenvalue weighted by Gasteiger charge is -2.12. The maximum absolute atomic E-state index is 12.7. The van der Waals surface area contributed by atoms with Gasteiger partial charge in [0.25, 0.3) is 5.91 Å². The van der Waals surface area contributed by atoms with Crippen LogP contribution in [0.15, 0.2) is 71.6 Å². The van der Waals surface area contributed by atoms with E-state index in [1.807, 2.05) is 0 Å². The molecule has 0 bridgehead atoms. The van der Waals surface area contributed by atoms with Gasteiger partial charge in [-0.05, 0) is 30.3 Å². The first-order valence-corrected chi connectivity index (χ1v) is 10.6. The highest BCUT2D eigenvalue weighted by Crippen LogP contribution is 2.29. The second-order valence-corrected chi connectivity index (χ2v) is 8.59. The largest absolute Gasteiger partial charge is 0.508 e. The molecule has 0 atom stereocenters. The summed E-state index contributed by atoms with van der Waals surface area (Å²) in [5.41, 5.74) is 0.886.